The van der Waals surface area contributed by atoms with Gasteiger partial charge in [-0.2, -0.15) is 10.5 Å². The number of ether oxygens (including phenoxy) is 1. The summed E-state index contributed by atoms with van der Waals surface area (Å²) in [7, 11) is 0. The summed E-state index contributed by atoms with van der Waals surface area (Å²) in [6.45, 7) is 2.57. The molecule has 0 aliphatic heterocycles. The smallest absolute Gasteiger partial charge is 0.122 e. The molecule has 0 aromatic heterocycles. The average molecular weight is 290 g/mol. The minimum absolute atomic E-state index is 0.262. The van der Waals surface area contributed by atoms with Crippen molar-refractivity contribution in [1.82, 2.24) is 0 Å². The Morgan fingerprint density at radius 2 is 1.91 bits per heavy atom. The van der Waals surface area contributed by atoms with Crippen LogP contribution in [-0.2, 0) is 6.42 Å². The Balaban J connectivity index is 2.00. The lowest BCUT2D eigenvalue weighted by Crippen LogP contribution is -2.06. The van der Waals surface area contributed by atoms with E-state index in [9.17, 15) is 5.26 Å². The van der Waals surface area contributed by atoms with Crippen LogP contribution in [0.5, 0.6) is 5.75 Å². The van der Waals surface area contributed by atoms with Crippen LogP contribution in [0.3, 0.4) is 0 Å². The normalized spacial score (nSPS) is 11.2. The third-order valence-electron chi connectivity index (χ3n) is 3.59. The summed E-state index contributed by atoms with van der Waals surface area (Å²) in [6, 6.07) is 19.6. The first-order valence-electron chi connectivity index (χ1n) is 7.38. The van der Waals surface area contributed by atoms with Gasteiger partial charge in [-0.25, -0.2) is 0 Å². The van der Waals surface area contributed by atoms with Crippen LogP contribution in [0, 0.1) is 22.7 Å². The van der Waals surface area contributed by atoms with Crippen LogP contribution in [0.15, 0.2) is 48.5 Å². The van der Waals surface area contributed by atoms with Crippen LogP contribution in [0.2, 0.25) is 0 Å². The maximum atomic E-state index is 9.35. The SMILES string of the molecule is CCc1ccccc1OCCC(C#N)c1cccc(C#N)c1. The van der Waals surface area contributed by atoms with Crippen LogP contribution >= 0.6 is 0 Å². The van der Waals surface area contributed by atoms with E-state index in [0.29, 0.717) is 18.6 Å². The molecule has 1 atom stereocenters. The van der Waals surface area contributed by atoms with Gasteiger partial charge in [0.05, 0.1) is 30.2 Å². The molecule has 1 unspecified atom stereocenters. The second-order valence-corrected chi connectivity index (χ2v) is 5.02. The molecule has 22 heavy (non-hydrogen) atoms. The molecule has 0 radical (unpaired) electrons. The molecule has 0 amide bonds. The zero-order chi connectivity index (χ0) is 15.8. The van der Waals surface area contributed by atoms with Gasteiger partial charge in [0.25, 0.3) is 0 Å². The van der Waals surface area contributed by atoms with Crippen molar-refractivity contribution in [2.24, 2.45) is 0 Å². The van der Waals surface area contributed by atoms with E-state index >= 15 is 0 Å². The van der Waals surface area contributed by atoms with Gasteiger partial charge in [-0.05, 0) is 35.7 Å². The molecule has 0 saturated carbocycles. The number of aryl methyl sites for hydroxylation is 1. The first-order valence-corrected chi connectivity index (χ1v) is 7.38. The van der Waals surface area contributed by atoms with Crippen molar-refractivity contribution >= 4 is 0 Å². The summed E-state index contributed by atoms with van der Waals surface area (Å²) in [5, 5.41) is 18.3. The van der Waals surface area contributed by atoms with Crippen LogP contribution < -0.4 is 4.74 Å². The molecule has 2 rings (SSSR count). The Morgan fingerprint density at radius 1 is 1.09 bits per heavy atom. The van der Waals surface area contributed by atoms with E-state index in [0.717, 1.165) is 17.7 Å². The van der Waals surface area contributed by atoms with E-state index in [4.69, 9.17) is 10.00 Å². The Hall–Kier alpha value is -2.78. The highest BCUT2D eigenvalue weighted by molar-refractivity contribution is 5.36. The van der Waals surface area contributed by atoms with Gasteiger partial charge >= 0.3 is 0 Å². The van der Waals surface area contributed by atoms with Gasteiger partial charge in [-0.1, -0.05) is 37.3 Å². The fourth-order valence-electron chi connectivity index (χ4n) is 2.35. The van der Waals surface area contributed by atoms with E-state index in [2.05, 4.69) is 19.1 Å². The standard InChI is InChI=1S/C19H18N2O/c1-2-16-7-3-4-9-19(16)22-11-10-18(14-21)17-8-5-6-15(12-17)13-20/h3-9,12,18H,2,10-11H2,1H3. The van der Waals surface area contributed by atoms with Gasteiger partial charge in [-0.3, -0.25) is 0 Å². The molecule has 0 N–H and O–H groups in total. The Kier molecular flexibility index (Phi) is 5.57. The lowest BCUT2D eigenvalue weighted by atomic mass is 9.96. The van der Waals surface area contributed by atoms with E-state index in [-0.39, 0.29) is 5.92 Å². The van der Waals surface area contributed by atoms with Crippen molar-refractivity contribution < 1.29 is 4.74 Å². The van der Waals surface area contributed by atoms with Crippen LogP contribution in [0.25, 0.3) is 0 Å². The second-order valence-electron chi connectivity index (χ2n) is 5.02. The molecular formula is C19H18N2O. The minimum atomic E-state index is -0.262. The molecule has 0 aliphatic carbocycles. The molecule has 110 valence electrons. The average Bonchev–Trinajstić information content (AvgIpc) is 2.59. The van der Waals surface area contributed by atoms with Crippen molar-refractivity contribution in [1.29, 1.82) is 10.5 Å². The number of nitrogens with zero attached hydrogens (tertiary/aromatic N) is 2. The summed E-state index contributed by atoms with van der Waals surface area (Å²) in [4.78, 5) is 0. The van der Waals surface area contributed by atoms with Crippen molar-refractivity contribution in [2.45, 2.75) is 25.7 Å². The molecule has 0 saturated heterocycles. The topological polar surface area (TPSA) is 56.8 Å². The third kappa shape index (κ3) is 3.87. The summed E-state index contributed by atoms with van der Waals surface area (Å²) >= 11 is 0. The highest BCUT2D eigenvalue weighted by Crippen LogP contribution is 2.22. The third-order valence-corrected chi connectivity index (χ3v) is 3.59. The molecule has 0 heterocycles. The van der Waals surface area contributed by atoms with Gasteiger partial charge in [-0.15, -0.1) is 0 Å². The fourth-order valence-corrected chi connectivity index (χ4v) is 2.35. The molecule has 2 aromatic carbocycles. The molecule has 0 fully saturated rings. The molecule has 3 nitrogen and oxygen atoms in total. The summed E-state index contributed by atoms with van der Waals surface area (Å²) in [5.41, 5.74) is 2.62. The van der Waals surface area contributed by atoms with Gasteiger partial charge in [0.1, 0.15) is 5.75 Å². The maximum Gasteiger partial charge on any atom is 0.122 e. The van der Waals surface area contributed by atoms with Crippen LogP contribution in [-0.4, -0.2) is 6.61 Å². The number of hydrogen-bond donors (Lipinski definition) is 0. The number of benzene rings is 2. The predicted octanol–water partition coefficient (Wildman–Crippen LogP) is 4.20. The van der Waals surface area contributed by atoms with Gasteiger partial charge in [0.2, 0.25) is 0 Å². The zero-order valence-electron chi connectivity index (χ0n) is 12.6. The highest BCUT2D eigenvalue weighted by Gasteiger charge is 2.12. The van der Waals surface area contributed by atoms with Crippen molar-refractivity contribution in [3.63, 3.8) is 0 Å². The molecular weight excluding hydrogens is 272 g/mol. The van der Waals surface area contributed by atoms with Crippen LogP contribution in [0.4, 0.5) is 0 Å². The predicted molar refractivity (Wildman–Crippen MR) is 85.4 cm³/mol. The molecule has 0 spiro atoms. The monoisotopic (exact) mass is 290 g/mol. The first-order chi connectivity index (χ1) is 10.8. The van der Waals surface area contributed by atoms with Crippen molar-refractivity contribution in [2.75, 3.05) is 6.61 Å². The lowest BCUT2D eigenvalue weighted by molar-refractivity contribution is 0.303. The quantitative estimate of drug-likeness (QED) is 0.801. The summed E-state index contributed by atoms with van der Waals surface area (Å²) in [6.07, 6.45) is 1.52. The zero-order valence-corrected chi connectivity index (χ0v) is 12.6. The van der Waals surface area contributed by atoms with Crippen molar-refractivity contribution in [3.8, 4) is 17.9 Å². The first kappa shape index (κ1) is 15.6. The number of para-hydroxylation sites is 1. The Labute approximate surface area is 131 Å². The van der Waals surface area contributed by atoms with Gasteiger partial charge < -0.3 is 4.74 Å². The largest absolute Gasteiger partial charge is 0.493 e. The summed E-state index contributed by atoms with van der Waals surface area (Å²) < 4.78 is 5.82. The highest BCUT2D eigenvalue weighted by atomic mass is 16.5. The number of hydrogen-bond acceptors (Lipinski definition) is 3. The number of nitriles is 2. The van der Waals surface area contributed by atoms with Gasteiger partial charge in [0, 0.05) is 6.42 Å². The minimum Gasteiger partial charge on any atom is -0.493 e. The van der Waals surface area contributed by atoms with Gasteiger partial charge in [0.15, 0.2) is 0 Å². The van der Waals surface area contributed by atoms with Crippen LogP contribution in [0.1, 0.15) is 36.0 Å². The lowest BCUT2D eigenvalue weighted by Gasteiger charge is -2.13. The van der Waals surface area contributed by atoms with Crippen molar-refractivity contribution in [3.05, 3.63) is 65.2 Å². The fraction of sp³-hybridized carbons (Fsp3) is 0.263. The molecule has 2 aromatic rings. The van der Waals surface area contributed by atoms with E-state index < -0.39 is 0 Å². The van der Waals surface area contributed by atoms with E-state index in [1.807, 2.05) is 36.4 Å². The Bertz CT molecular complexity index is 710. The second kappa shape index (κ2) is 7.86. The molecule has 3 heteroatoms. The van der Waals surface area contributed by atoms with E-state index in [1.165, 1.54) is 5.56 Å². The Morgan fingerprint density at radius 3 is 2.64 bits per heavy atom. The summed E-state index contributed by atoms with van der Waals surface area (Å²) in [5.74, 6) is 0.620. The number of rotatable bonds is 6. The van der Waals surface area contributed by atoms with E-state index in [1.54, 1.807) is 12.1 Å². The molecule has 0 aliphatic rings. The maximum absolute atomic E-state index is 9.35. The molecule has 0 bridgehead atoms.